The summed E-state index contributed by atoms with van der Waals surface area (Å²) in [6.45, 7) is 3.72. The summed E-state index contributed by atoms with van der Waals surface area (Å²) in [6.07, 6.45) is 0. The Morgan fingerprint density at radius 3 is 2.92 bits per heavy atom. The van der Waals surface area contributed by atoms with Gasteiger partial charge in [-0.25, -0.2) is 9.78 Å². The molecular weight excluding hydrogens is 312 g/mol. The van der Waals surface area contributed by atoms with Crippen molar-refractivity contribution in [3.05, 3.63) is 35.8 Å². The number of nitrogens with one attached hydrogen (secondary N) is 1. The van der Waals surface area contributed by atoms with Crippen LogP contribution >= 0.6 is 0 Å². The Morgan fingerprint density at radius 2 is 2.17 bits per heavy atom. The van der Waals surface area contributed by atoms with Gasteiger partial charge in [0.1, 0.15) is 17.0 Å². The fraction of sp³-hybridized carbons (Fsp3) is 0.250. The molecule has 0 aliphatic rings. The van der Waals surface area contributed by atoms with Crippen LogP contribution < -0.4 is 10.1 Å². The fourth-order valence-electron chi connectivity index (χ4n) is 2.20. The highest BCUT2D eigenvalue weighted by Crippen LogP contribution is 2.28. The molecule has 1 aromatic carbocycles. The van der Waals surface area contributed by atoms with Gasteiger partial charge in [0, 0.05) is 11.8 Å². The van der Waals surface area contributed by atoms with E-state index in [4.69, 9.17) is 14.0 Å². The lowest BCUT2D eigenvalue weighted by Gasteiger charge is -2.09. The number of aromatic nitrogens is 3. The molecule has 0 aliphatic heterocycles. The minimum absolute atomic E-state index is 0.0918. The van der Waals surface area contributed by atoms with Crippen LogP contribution in [0.25, 0.3) is 11.1 Å². The van der Waals surface area contributed by atoms with Crippen molar-refractivity contribution in [2.24, 2.45) is 0 Å². The smallest absolute Gasteiger partial charge is 0.376 e. The van der Waals surface area contributed by atoms with Crippen molar-refractivity contribution in [2.75, 3.05) is 19.0 Å². The van der Waals surface area contributed by atoms with Crippen LogP contribution in [0.15, 0.2) is 28.8 Å². The van der Waals surface area contributed by atoms with Crippen molar-refractivity contribution in [3.63, 3.8) is 0 Å². The number of benzene rings is 1. The van der Waals surface area contributed by atoms with Crippen LogP contribution in [0, 0.1) is 6.92 Å². The molecule has 8 nitrogen and oxygen atoms in total. The molecule has 3 rings (SSSR count). The van der Waals surface area contributed by atoms with E-state index >= 15 is 0 Å². The van der Waals surface area contributed by atoms with Crippen molar-refractivity contribution in [2.45, 2.75) is 13.8 Å². The predicted molar refractivity (Wildman–Crippen MR) is 86.6 cm³/mol. The third-order valence-electron chi connectivity index (χ3n) is 3.30. The van der Waals surface area contributed by atoms with Gasteiger partial charge in [0.2, 0.25) is 5.82 Å². The van der Waals surface area contributed by atoms with Gasteiger partial charge in [-0.2, -0.15) is 4.98 Å². The molecule has 3 aromatic rings. The van der Waals surface area contributed by atoms with Crippen LogP contribution in [0.1, 0.15) is 23.2 Å². The molecule has 0 bridgehead atoms. The summed E-state index contributed by atoms with van der Waals surface area (Å²) in [4.78, 5) is 20.3. The first kappa shape index (κ1) is 15.7. The minimum atomic E-state index is -0.623. The van der Waals surface area contributed by atoms with E-state index in [1.807, 2.05) is 18.2 Å². The molecular formula is C16H16N4O4. The van der Waals surface area contributed by atoms with E-state index in [0.717, 1.165) is 5.69 Å². The summed E-state index contributed by atoms with van der Waals surface area (Å²) >= 11 is 0. The van der Waals surface area contributed by atoms with Crippen molar-refractivity contribution in [1.82, 2.24) is 15.1 Å². The van der Waals surface area contributed by atoms with Gasteiger partial charge in [0.15, 0.2) is 0 Å². The Morgan fingerprint density at radius 1 is 1.33 bits per heavy atom. The van der Waals surface area contributed by atoms with Gasteiger partial charge >= 0.3 is 5.97 Å². The van der Waals surface area contributed by atoms with E-state index in [1.165, 1.54) is 0 Å². The summed E-state index contributed by atoms with van der Waals surface area (Å²) < 4.78 is 15.3. The zero-order valence-electron chi connectivity index (χ0n) is 13.5. The van der Waals surface area contributed by atoms with Gasteiger partial charge in [-0.3, -0.25) is 0 Å². The topological polar surface area (TPSA) is 99.4 Å². The van der Waals surface area contributed by atoms with E-state index < -0.39 is 5.97 Å². The van der Waals surface area contributed by atoms with Gasteiger partial charge in [-0.05, 0) is 26.0 Å². The zero-order chi connectivity index (χ0) is 17.1. The normalized spacial score (nSPS) is 10.6. The molecule has 8 heteroatoms. The SMILES string of the molecule is CCOC(=O)c1nc(Nc2cccc(OC)c2)c2c(C)noc2n1. The molecule has 0 spiro atoms. The number of carbonyl (C=O) groups is 1. The largest absolute Gasteiger partial charge is 0.497 e. The molecule has 2 heterocycles. The van der Waals surface area contributed by atoms with Crippen LogP contribution in [-0.4, -0.2) is 34.8 Å². The number of hydrogen-bond acceptors (Lipinski definition) is 8. The molecule has 1 N–H and O–H groups in total. The average Bonchev–Trinajstić information content (AvgIpc) is 2.96. The predicted octanol–water partition coefficient (Wildman–Crippen LogP) is 2.86. The van der Waals surface area contributed by atoms with E-state index in [1.54, 1.807) is 27.0 Å². The number of methoxy groups -OCH3 is 1. The maximum Gasteiger partial charge on any atom is 0.376 e. The maximum atomic E-state index is 11.9. The first-order chi connectivity index (χ1) is 11.6. The summed E-state index contributed by atoms with van der Waals surface area (Å²) in [5, 5.41) is 7.63. The average molecular weight is 328 g/mol. The second-order valence-corrected chi connectivity index (χ2v) is 4.92. The second kappa shape index (κ2) is 6.53. The van der Waals surface area contributed by atoms with Gasteiger partial charge < -0.3 is 19.3 Å². The van der Waals surface area contributed by atoms with Crippen LogP contribution in [0.3, 0.4) is 0 Å². The first-order valence-electron chi connectivity index (χ1n) is 7.34. The molecule has 0 amide bonds. The Bertz CT molecular complexity index is 891. The molecule has 0 atom stereocenters. The lowest BCUT2D eigenvalue weighted by atomic mass is 10.2. The third kappa shape index (κ3) is 2.98. The number of rotatable bonds is 5. The van der Waals surface area contributed by atoms with Gasteiger partial charge in [-0.15, -0.1) is 0 Å². The minimum Gasteiger partial charge on any atom is -0.497 e. The summed E-state index contributed by atoms with van der Waals surface area (Å²) in [7, 11) is 1.59. The molecule has 0 fully saturated rings. The highest BCUT2D eigenvalue weighted by Gasteiger charge is 2.19. The summed E-state index contributed by atoms with van der Waals surface area (Å²) in [5.74, 6) is 0.390. The van der Waals surface area contributed by atoms with Gasteiger partial charge in [-0.1, -0.05) is 11.2 Å². The molecule has 124 valence electrons. The van der Waals surface area contributed by atoms with Crippen molar-refractivity contribution in [1.29, 1.82) is 0 Å². The van der Waals surface area contributed by atoms with Crippen LogP contribution in [0.2, 0.25) is 0 Å². The number of fused-ring (bicyclic) bond motifs is 1. The lowest BCUT2D eigenvalue weighted by molar-refractivity contribution is 0.0512. The second-order valence-electron chi connectivity index (χ2n) is 4.92. The number of aryl methyl sites for hydroxylation is 1. The van der Waals surface area contributed by atoms with Gasteiger partial charge in [0.05, 0.1) is 19.4 Å². The van der Waals surface area contributed by atoms with E-state index in [9.17, 15) is 4.79 Å². The summed E-state index contributed by atoms with van der Waals surface area (Å²) in [5.41, 5.74) is 1.58. The molecule has 2 aromatic heterocycles. The number of carbonyl (C=O) groups excluding carboxylic acids is 1. The monoisotopic (exact) mass is 328 g/mol. The van der Waals surface area contributed by atoms with Crippen LogP contribution in [-0.2, 0) is 4.74 Å². The third-order valence-corrected chi connectivity index (χ3v) is 3.30. The quantitative estimate of drug-likeness (QED) is 0.714. The van der Waals surface area contributed by atoms with Crippen molar-refractivity contribution >= 4 is 28.6 Å². The first-order valence-corrected chi connectivity index (χ1v) is 7.34. The highest BCUT2D eigenvalue weighted by molar-refractivity contribution is 5.94. The summed E-state index contributed by atoms with van der Waals surface area (Å²) in [6, 6.07) is 7.33. The van der Waals surface area contributed by atoms with E-state index in [0.29, 0.717) is 22.6 Å². The maximum absolute atomic E-state index is 11.9. The van der Waals surface area contributed by atoms with Gasteiger partial charge in [0.25, 0.3) is 5.71 Å². The molecule has 0 saturated heterocycles. The Kier molecular flexibility index (Phi) is 4.28. The Balaban J connectivity index is 2.07. The number of nitrogens with zero attached hydrogens (tertiary/aromatic N) is 3. The number of anilines is 2. The number of ether oxygens (including phenoxy) is 2. The fourth-order valence-corrected chi connectivity index (χ4v) is 2.20. The Hall–Kier alpha value is -3.16. The lowest BCUT2D eigenvalue weighted by Crippen LogP contribution is -2.11. The van der Waals surface area contributed by atoms with Crippen LogP contribution in [0.5, 0.6) is 5.75 Å². The van der Waals surface area contributed by atoms with E-state index in [2.05, 4.69) is 20.4 Å². The van der Waals surface area contributed by atoms with E-state index in [-0.39, 0.29) is 18.1 Å². The highest BCUT2D eigenvalue weighted by atomic mass is 16.5. The molecule has 0 aliphatic carbocycles. The zero-order valence-corrected chi connectivity index (χ0v) is 13.5. The molecule has 24 heavy (non-hydrogen) atoms. The van der Waals surface area contributed by atoms with Crippen LogP contribution in [0.4, 0.5) is 11.5 Å². The molecule has 0 unspecified atom stereocenters. The number of esters is 1. The van der Waals surface area contributed by atoms with Crippen molar-refractivity contribution in [3.8, 4) is 5.75 Å². The molecule has 0 radical (unpaired) electrons. The standard InChI is InChI=1S/C16H16N4O4/c1-4-23-16(21)14-18-13(12-9(2)20-24-15(12)19-14)17-10-6-5-7-11(8-10)22-3/h5-8H,4H2,1-3H3,(H,17,18,19). The molecule has 0 saturated carbocycles. The Labute approximate surface area is 137 Å². The van der Waals surface area contributed by atoms with Crippen molar-refractivity contribution < 1.29 is 18.8 Å². The number of hydrogen-bond donors (Lipinski definition) is 1.